The van der Waals surface area contributed by atoms with Gasteiger partial charge in [-0.1, -0.05) is 32.9 Å². The third-order valence-corrected chi connectivity index (χ3v) is 6.42. The van der Waals surface area contributed by atoms with Crippen molar-refractivity contribution in [2.75, 3.05) is 27.9 Å². The number of benzene rings is 1. The van der Waals surface area contributed by atoms with Crippen molar-refractivity contribution in [3.8, 4) is 5.75 Å². The molecule has 1 heterocycles. The van der Waals surface area contributed by atoms with Gasteiger partial charge >= 0.3 is 5.97 Å². The molecule has 0 unspecified atom stereocenters. The molecule has 0 aromatic heterocycles. The zero-order valence-corrected chi connectivity index (χ0v) is 21.1. The van der Waals surface area contributed by atoms with Gasteiger partial charge < -0.3 is 28.4 Å². The van der Waals surface area contributed by atoms with Crippen LogP contribution in [0.2, 0.25) is 0 Å². The summed E-state index contributed by atoms with van der Waals surface area (Å²) < 4.78 is 34.6. The van der Waals surface area contributed by atoms with Crippen molar-refractivity contribution in [1.29, 1.82) is 0 Å². The topological polar surface area (TPSA) is 72.5 Å². The number of methoxy groups -OCH3 is 3. The van der Waals surface area contributed by atoms with Crippen LogP contribution < -0.4 is 4.74 Å². The molecular formula is C26H40O7. The molecule has 1 aromatic rings. The summed E-state index contributed by atoms with van der Waals surface area (Å²) in [6.45, 7) is 9.07. The summed E-state index contributed by atoms with van der Waals surface area (Å²) in [4.78, 5) is 11.8. The molecule has 1 aliphatic rings. The van der Waals surface area contributed by atoms with Crippen LogP contribution in [0.5, 0.6) is 5.75 Å². The molecule has 7 nitrogen and oxygen atoms in total. The predicted octanol–water partition coefficient (Wildman–Crippen LogP) is 4.67. The van der Waals surface area contributed by atoms with Gasteiger partial charge in [0.1, 0.15) is 5.75 Å². The minimum absolute atomic E-state index is 0.0454. The van der Waals surface area contributed by atoms with Gasteiger partial charge in [0.2, 0.25) is 0 Å². The van der Waals surface area contributed by atoms with Crippen LogP contribution in [0.25, 0.3) is 0 Å². The summed E-state index contributed by atoms with van der Waals surface area (Å²) in [5.74, 6) is -0.161. The zero-order chi connectivity index (χ0) is 24.4. The van der Waals surface area contributed by atoms with E-state index in [9.17, 15) is 4.79 Å². The van der Waals surface area contributed by atoms with Gasteiger partial charge in [-0.25, -0.2) is 4.79 Å². The van der Waals surface area contributed by atoms with E-state index < -0.39 is 11.8 Å². The lowest BCUT2D eigenvalue weighted by Gasteiger charge is -2.32. The van der Waals surface area contributed by atoms with Crippen molar-refractivity contribution in [3.05, 3.63) is 41.5 Å². The summed E-state index contributed by atoms with van der Waals surface area (Å²) >= 11 is 0. The Labute approximate surface area is 198 Å². The van der Waals surface area contributed by atoms with Gasteiger partial charge in [0.25, 0.3) is 0 Å². The molecule has 0 bridgehead atoms. The molecule has 1 aliphatic heterocycles. The molecule has 0 N–H and O–H groups in total. The zero-order valence-electron chi connectivity index (χ0n) is 21.1. The highest BCUT2D eigenvalue weighted by Crippen LogP contribution is 2.34. The van der Waals surface area contributed by atoms with Gasteiger partial charge in [-0.15, -0.1) is 0 Å². The lowest BCUT2D eigenvalue weighted by atomic mass is 9.89. The third kappa shape index (κ3) is 7.54. The quantitative estimate of drug-likeness (QED) is 0.310. The van der Waals surface area contributed by atoms with Crippen molar-refractivity contribution in [1.82, 2.24) is 0 Å². The highest BCUT2D eigenvalue weighted by atomic mass is 16.7. The molecule has 0 aliphatic carbocycles. The molecule has 4 atom stereocenters. The van der Waals surface area contributed by atoms with Gasteiger partial charge in [0, 0.05) is 25.5 Å². The first-order chi connectivity index (χ1) is 15.8. The van der Waals surface area contributed by atoms with Crippen molar-refractivity contribution in [2.45, 2.75) is 77.7 Å². The van der Waals surface area contributed by atoms with E-state index >= 15 is 0 Å². The molecule has 186 valence electrons. The SMILES string of the molecule is CCC1(CC)OC[C@H](C[C@H](OCc2ccc(OC)cc2)[C@H](C)[C@@H](OC)/C(C)=C/C(=O)OC)O1. The summed E-state index contributed by atoms with van der Waals surface area (Å²) in [7, 11) is 4.66. The minimum Gasteiger partial charge on any atom is -0.497 e. The van der Waals surface area contributed by atoms with E-state index in [4.69, 9.17) is 28.4 Å². The smallest absolute Gasteiger partial charge is 0.330 e. The molecular weight excluding hydrogens is 424 g/mol. The first-order valence-electron chi connectivity index (χ1n) is 11.7. The Morgan fingerprint density at radius 1 is 1.18 bits per heavy atom. The van der Waals surface area contributed by atoms with E-state index in [-0.39, 0.29) is 24.2 Å². The van der Waals surface area contributed by atoms with E-state index in [1.807, 2.05) is 31.2 Å². The average Bonchev–Trinajstić information content (AvgIpc) is 3.25. The Balaban J connectivity index is 2.18. The van der Waals surface area contributed by atoms with Gasteiger partial charge in [-0.3, -0.25) is 0 Å². The predicted molar refractivity (Wildman–Crippen MR) is 126 cm³/mol. The number of esters is 1. The minimum atomic E-state index is -0.518. The number of carbonyl (C=O) groups is 1. The Bertz CT molecular complexity index is 754. The number of hydrogen-bond donors (Lipinski definition) is 0. The summed E-state index contributed by atoms with van der Waals surface area (Å²) in [6, 6.07) is 7.82. The fourth-order valence-electron chi connectivity index (χ4n) is 4.31. The summed E-state index contributed by atoms with van der Waals surface area (Å²) in [6.07, 6.45) is 3.16. The van der Waals surface area contributed by atoms with Crippen molar-refractivity contribution >= 4 is 5.97 Å². The summed E-state index contributed by atoms with van der Waals surface area (Å²) in [5, 5.41) is 0. The fourth-order valence-corrected chi connectivity index (χ4v) is 4.31. The van der Waals surface area contributed by atoms with Gasteiger partial charge in [-0.05, 0) is 43.0 Å². The standard InChI is InChI=1S/C26H40O7/c1-8-26(9-2)32-17-22(33-26)15-23(31-16-20-10-12-21(28-5)13-11-20)19(4)25(30-7)18(3)14-24(27)29-6/h10-14,19,22-23,25H,8-9,15-17H2,1-7H3/b18-14+/t19-,22-,23-,25-/m0/s1. The number of ether oxygens (including phenoxy) is 6. The van der Waals surface area contributed by atoms with Crippen molar-refractivity contribution < 1.29 is 33.2 Å². The first kappa shape index (κ1) is 27.3. The normalized spacial score (nSPS) is 20.8. The summed E-state index contributed by atoms with van der Waals surface area (Å²) in [5.41, 5.74) is 1.83. The van der Waals surface area contributed by atoms with Crippen LogP contribution >= 0.6 is 0 Å². The van der Waals surface area contributed by atoms with Crippen LogP contribution in [0, 0.1) is 5.92 Å². The molecule has 1 aromatic carbocycles. The van der Waals surface area contributed by atoms with E-state index in [0.717, 1.165) is 29.7 Å². The van der Waals surface area contributed by atoms with Crippen LogP contribution in [0.4, 0.5) is 0 Å². The maximum absolute atomic E-state index is 11.8. The fraction of sp³-hybridized carbons (Fsp3) is 0.654. The molecule has 1 saturated heterocycles. The van der Waals surface area contributed by atoms with Crippen molar-refractivity contribution in [3.63, 3.8) is 0 Å². The molecule has 2 rings (SSSR count). The maximum Gasteiger partial charge on any atom is 0.330 e. The largest absolute Gasteiger partial charge is 0.497 e. The van der Waals surface area contributed by atoms with E-state index in [0.29, 0.717) is 19.6 Å². The number of hydrogen-bond acceptors (Lipinski definition) is 7. The van der Waals surface area contributed by atoms with Crippen molar-refractivity contribution in [2.24, 2.45) is 5.92 Å². The molecule has 0 saturated carbocycles. The Morgan fingerprint density at radius 2 is 1.85 bits per heavy atom. The molecule has 0 radical (unpaired) electrons. The van der Waals surface area contributed by atoms with Crippen LogP contribution in [0.1, 0.15) is 52.5 Å². The Kier molecular flexibility index (Phi) is 10.8. The highest BCUT2D eigenvalue weighted by Gasteiger charge is 2.41. The van der Waals surface area contributed by atoms with Crippen LogP contribution in [0.15, 0.2) is 35.9 Å². The second-order valence-corrected chi connectivity index (χ2v) is 8.53. The molecule has 0 spiro atoms. The molecule has 0 amide bonds. The van der Waals surface area contributed by atoms with Crippen LogP contribution in [-0.4, -0.2) is 58.0 Å². The number of rotatable bonds is 13. The Hall–Kier alpha value is -1.93. The first-order valence-corrected chi connectivity index (χ1v) is 11.7. The van der Waals surface area contributed by atoms with E-state index in [1.54, 1.807) is 14.2 Å². The van der Waals surface area contributed by atoms with E-state index in [2.05, 4.69) is 20.8 Å². The maximum atomic E-state index is 11.8. The monoisotopic (exact) mass is 464 g/mol. The Morgan fingerprint density at radius 3 is 2.36 bits per heavy atom. The molecule has 7 heteroatoms. The lowest BCUT2D eigenvalue weighted by molar-refractivity contribution is -0.176. The highest BCUT2D eigenvalue weighted by molar-refractivity contribution is 5.82. The third-order valence-electron chi connectivity index (χ3n) is 6.42. The van der Waals surface area contributed by atoms with Gasteiger partial charge in [-0.2, -0.15) is 0 Å². The second-order valence-electron chi connectivity index (χ2n) is 8.53. The molecule has 1 fully saturated rings. The van der Waals surface area contributed by atoms with Gasteiger partial charge in [0.15, 0.2) is 5.79 Å². The van der Waals surface area contributed by atoms with E-state index in [1.165, 1.54) is 13.2 Å². The molecule has 33 heavy (non-hydrogen) atoms. The average molecular weight is 465 g/mol. The van der Waals surface area contributed by atoms with Crippen LogP contribution in [0.3, 0.4) is 0 Å². The number of carbonyl (C=O) groups excluding carboxylic acids is 1. The van der Waals surface area contributed by atoms with Crippen LogP contribution in [-0.2, 0) is 35.1 Å². The van der Waals surface area contributed by atoms with Gasteiger partial charge in [0.05, 0.1) is 45.7 Å². The lowest BCUT2D eigenvalue weighted by Crippen LogP contribution is -2.37. The second kappa shape index (κ2) is 13.1.